The fraction of sp³-hybridized carbons (Fsp3) is 0.583. The van der Waals surface area contributed by atoms with E-state index in [1.54, 1.807) is 0 Å². The van der Waals surface area contributed by atoms with Gasteiger partial charge in [0.05, 0.1) is 23.6 Å². The fourth-order valence-electron chi connectivity index (χ4n) is 2.20. The molecule has 2 aromatic heterocycles. The molecule has 0 aliphatic heterocycles. The predicted molar refractivity (Wildman–Crippen MR) is 70.3 cm³/mol. The van der Waals surface area contributed by atoms with Gasteiger partial charge in [0.25, 0.3) is 0 Å². The summed E-state index contributed by atoms with van der Waals surface area (Å²) in [5, 5.41) is 12.5. The Labute approximate surface area is 107 Å². The second kappa shape index (κ2) is 4.80. The van der Waals surface area contributed by atoms with Gasteiger partial charge in [0.2, 0.25) is 0 Å². The van der Waals surface area contributed by atoms with Crippen molar-refractivity contribution in [3.8, 4) is 0 Å². The number of rotatable bonds is 4. The average molecular weight is 248 g/mol. The van der Waals surface area contributed by atoms with Crippen molar-refractivity contribution in [3.63, 3.8) is 0 Å². The second-order valence-corrected chi connectivity index (χ2v) is 4.77. The van der Waals surface area contributed by atoms with Crippen LogP contribution < -0.4 is 5.73 Å². The van der Waals surface area contributed by atoms with Crippen molar-refractivity contribution in [1.29, 1.82) is 0 Å². The minimum atomic E-state index is 0.305. The minimum Gasteiger partial charge on any atom is -0.381 e. The van der Waals surface area contributed by atoms with E-state index in [-0.39, 0.29) is 0 Å². The first kappa shape index (κ1) is 12.6. The van der Waals surface area contributed by atoms with E-state index in [1.165, 1.54) is 0 Å². The molecule has 6 nitrogen and oxygen atoms in total. The highest BCUT2D eigenvalue weighted by Crippen LogP contribution is 2.20. The van der Waals surface area contributed by atoms with Crippen LogP contribution in [0.3, 0.4) is 0 Å². The third-order valence-corrected chi connectivity index (χ3v) is 2.94. The number of aromatic nitrogens is 5. The number of hydrogen-bond acceptors (Lipinski definition) is 4. The number of hydrogen-bond donors (Lipinski definition) is 1. The Balaban J connectivity index is 2.34. The molecule has 0 aliphatic carbocycles. The number of nitrogen functional groups attached to an aromatic ring is 1. The number of nitrogens with two attached hydrogens (primary N) is 1. The van der Waals surface area contributed by atoms with Crippen molar-refractivity contribution in [3.05, 3.63) is 23.1 Å². The lowest BCUT2D eigenvalue weighted by atomic mass is 10.1. The maximum absolute atomic E-state index is 5.85. The van der Waals surface area contributed by atoms with Gasteiger partial charge in [-0.1, -0.05) is 19.1 Å². The lowest BCUT2D eigenvalue weighted by Crippen LogP contribution is -2.12. The quantitative estimate of drug-likeness (QED) is 0.891. The maximum atomic E-state index is 5.85. The molecule has 98 valence electrons. The van der Waals surface area contributed by atoms with Crippen molar-refractivity contribution >= 4 is 5.82 Å². The molecule has 0 fully saturated rings. The van der Waals surface area contributed by atoms with Crippen LogP contribution in [0.25, 0.3) is 0 Å². The van der Waals surface area contributed by atoms with Crippen molar-refractivity contribution < 1.29 is 0 Å². The normalized spacial score (nSPS) is 11.4. The molecule has 0 spiro atoms. The zero-order valence-electron chi connectivity index (χ0n) is 11.4. The Hall–Kier alpha value is -1.85. The van der Waals surface area contributed by atoms with Gasteiger partial charge in [0.1, 0.15) is 0 Å². The fourth-order valence-corrected chi connectivity index (χ4v) is 2.20. The summed E-state index contributed by atoms with van der Waals surface area (Å²) in [6, 6.07) is 2.07. The van der Waals surface area contributed by atoms with E-state index < -0.39 is 0 Å². The van der Waals surface area contributed by atoms with Crippen LogP contribution in [0.15, 0.2) is 6.07 Å². The van der Waals surface area contributed by atoms with E-state index in [0.717, 1.165) is 23.6 Å². The summed E-state index contributed by atoms with van der Waals surface area (Å²) < 4.78 is 3.85. The second-order valence-electron chi connectivity index (χ2n) is 4.77. The van der Waals surface area contributed by atoms with Crippen molar-refractivity contribution in [1.82, 2.24) is 24.8 Å². The lowest BCUT2D eigenvalue weighted by Gasteiger charge is -2.10. The number of aryl methyl sites for hydroxylation is 2. The van der Waals surface area contributed by atoms with Crippen LogP contribution in [0.4, 0.5) is 5.82 Å². The highest BCUT2D eigenvalue weighted by atomic mass is 15.5. The minimum absolute atomic E-state index is 0.305. The summed E-state index contributed by atoms with van der Waals surface area (Å²) in [6.45, 7) is 9.77. The number of anilines is 1. The van der Waals surface area contributed by atoms with Crippen LogP contribution in [0.1, 0.15) is 43.8 Å². The van der Waals surface area contributed by atoms with Gasteiger partial charge >= 0.3 is 0 Å². The molecule has 2 N–H and O–H groups in total. The summed E-state index contributed by atoms with van der Waals surface area (Å²) in [7, 11) is 0. The first-order valence-electron chi connectivity index (χ1n) is 6.25. The van der Waals surface area contributed by atoms with Gasteiger partial charge in [0, 0.05) is 6.54 Å². The van der Waals surface area contributed by atoms with Gasteiger partial charge in [-0.3, -0.25) is 4.68 Å². The van der Waals surface area contributed by atoms with Crippen LogP contribution in [-0.4, -0.2) is 24.8 Å². The standard InChI is InChI=1S/C12H20N6/c1-5-17-10(6-9(4)15-17)7-18-11(8(2)3)12(13)14-16-18/h6,8H,5,7,13H2,1-4H3. The van der Waals surface area contributed by atoms with Gasteiger partial charge < -0.3 is 5.73 Å². The molecule has 0 unspecified atom stereocenters. The Morgan fingerprint density at radius 3 is 2.67 bits per heavy atom. The molecule has 0 saturated heterocycles. The van der Waals surface area contributed by atoms with E-state index in [4.69, 9.17) is 5.73 Å². The predicted octanol–water partition coefficient (Wildman–Crippen LogP) is 1.56. The van der Waals surface area contributed by atoms with Gasteiger partial charge in [0.15, 0.2) is 5.82 Å². The summed E-state index contributed by atoms with van der Waals surface area (Å²) in [5.41, 5.74) is 8.98. The molecule has 0 radical (unpaired) electrons. The Morgan fingerprint density at radius 1 is 1.33 bits per heavy atom. The first-order valence-corrected chi connectivity index (χ1v) is 6.25. The lowest BCUT2D eigenvalue weighted by molar-refractivity contribution is 0.543. The molecule has 2 aromatic rings. The summed E-state index contributed by atoms with van der Waals surface area (Å²) in [6.07, 6.45) is 0. The van der Waals surface area contributed by atoms with Crippen LogP contribution in [-0.2, 0) is 13.1 Å². The number of nitrogens with zero attached hydrogens (tertiary/aromatic N) is 5. The molecular formula is C12H20N6. The first-order chi connectivity index (χ1) is 8.52. The van der Waals surface area contributed by atoms with E-state index in [0.29, 0.717) is 18.3 Å². The van der Waals surface area contributed by atoms with Gasteiger partial charge in [-0.25, -0.2) is 4.68 Å². The van der Waals surface area contributed by atoms with E-state index in [9.17, 15) is 0 Å². The Bertz CT molecular complexity index is 537. The third kappa shape index (κ3) is 2.23. The summed E-state index contributed by atoms with van der Waals surface area (Å²) in [5.74, 6) is 0.823. The molecule has 0 amide bonds. The molecule has 0 bridgehead atoms. The van der Waals surface area contributed by atoms with Gasteiger partial charge in [-0.05, 0) is 25.8 Å². The molecule has 2 heterocycles. The van der Waals surface area contributed by atoms with E-state index >= 15 is 0 Å². The summed E-state index contributed by atoms with van der Waals surface area (Å²) in [4.78, 5) is 0. The Morgan fingerprint density at radius 2 is 2.06 bits per heavy atom. The van der Waals surface area contributed by atoms with Crippen LogP contribution in [0.2, 0.25) is 0 Å². The molecule has 2 rings (SSSR count). The van der Waals surface area contributed by atoms with Crippen LogP contribution in [0.5, 0.6) is 0 Å². The van der Waals surface area contributed by atoms with Crippen molar-refractivity contribution in [2.24, 2.45) is 0 Å². The van der Waals surface area contributed by atoms with E-state index in [1.807, 2.05) is 16.3 Å². The molecule has 0 saturated carbocycles. The zero-order valence-corrected chi connectivity index (χ0v) is 11.4. The molecule has 18 heavy (non-hydrogen) atoms. The smallest absolute Gasteiger partial charge is 0.169 e. The van der Waals surface area contributed by atoms with Crippen LogP contribution >= 0.6 is 0 Å². The third-order valence-electron chi connectivity index (χ3n) is 2.94. The molecule has 0 aliphatic rings. The van der Waals surface area contributed by atoms with Crippen molar-refractivity contribution in [2.75, 3.05) is 5.73 Å². The average Bonchev–Trinajstić information content (AvgIpc) is 2.82. The molecular weight excluding hydrogens is 228 g/mol. The molecule has 6 heteroatoms. The highest BCUT2D eigenvalue weighted by Gasteiger charge is 2.15. The summed E-state index contributed by atoms with van der Waals surface area (Å²) >= 11 is 0. The van der Waals surface area contributed by atoms with E-state index in [2.05, 4.69) is 42.2 Å². The SMILES string of the molecule is CCn1nc(C)cc1Cn1nnc(N)c1C(C)C. The van der Waals surface area contributed by atoms with Crippen molar-refractivity contribution in [2.45, 2.75) is 46.7 Å². The zero-order chi connectivity index (χ0) is 13.3. The maximum Gasteiger partial charge on any atom is 0.169 e. The Kier molecular flexibility index (Phi) is 3.36. The van der Waals surface area contributed by atoms with Gasteiger partial charge in [-0.15, -0.1) is 5.10 Å². The molecule has 0 aromatic carbocycles. The van der Waals surface area contributed by atoms with Gasteiger partial charge in [-0.2, -0.15) is 5.10 Å². The van der Waals surface area contributed by atoms with Crippen LogP contribution in [0, 0.1) is 6.92 Å². The molecule has 0 atom stereocenters. The monoisotopic (exact) mass is 248 g/mol. The topological polar surface area (TPSA) is 74.5 Å². The highest BCUT2D eigenvalue weighted by molar-refractivity contribution is 5.35. The largest absolute Gasteiger partial charge is 0.381 e.